The molecule has 1 saturated heterocycles. The smallest absolute Gasteiger partial charge is 0.314 e. The Labute approximate surface area is 142 Å². The van der Waals surface area contributed by atoms with Crippen molar-refractivity contribution in [2.75, 3.05) is 26.8 Å². The monoisotopic (exact) mass is 338 g/mol. The lowest BCUT2D eigenvalue weighted by molar-refractivity contribution is -0.0583. The summed E-state index contributed by atoms with van der Waals surface area (Å²) >= 11 is 0. The highest BCUT2D eigenvalue weighted by Gasteiger charge is 2.42. The van der Waals surface area contributed by atoms with Gasteiger partial charge in [-0.15, -0.1) is 0 Å². The fourth-order valence-corrected chi connectivity index (χ4v) is 3.58. The number of hydrogen-bond acceptors (Lipinski definition) is 3. The zero-order valence-corrected chi connectivity index (χ0v) is 14.2. The van der Waals surface area contributed by atoms with E-state index in [9.17, 15) is 14.3 Å². The Hall–Kier alpha value is -1.66. The molecule has 5 nitrogen and oxygen atoms in total. The van der Waals surface area contributed by atoms with Crippen molar-refractivity contribution in [3.05, 3.63) is 35.6 Å². The number of methoxy groups -OCH3 is 1. The van der Waals surface area contributed by atoms with Crippen molar-refractivity contribution in [3.8, 4) is 0 Å². The maximum atomic E-state index is 14.4. The number of halogens is 1. The van der Waals surface area contributed by atoms with E-state index in [1.54, 1.807) is 25.3 Å². The molecule has 0 saturated carbocycles. The number of urea groups is 1. The van der Waals surface area contributed by atoms with E-state index in [2.05, 4.69) is 0 Å². The number of nitrogens with zero attached hydrogens (tertiary/aromatic N) is 1. The molecule has 0 aliphatic carbocycles. The van der Waals surface area contributed by atoms with Crippen LogP contribution in [0.4, 0.5) is 9.18 Å². The van der Waals surface area contributed by atoms with Gasteiger partial charge in [-0.2, -0.15) is 0 Å². The summed E-state index contributed by atoms with van der Waals surface area (Å²) in [5, 5.41) is 11.4. The van der Waals surface area contributed by atoms with Crippen molar-refractivity contribution < 1.29 is 19.0 Å². The van der Waals surface area contributed by atoms with Crippen molar-refractivity contribution in [2.45, 2.75) is 37.7 Å². The number of aliphatic hydroxyl groups is 1. The minimum Gasteiger partial charge on any atom is -0.385 e. The number of nitrogens with two attached hydrogens (primary N) is 1. The third-order valence-corrected chi connectivity index (χ3v) is 4.91. The molecule has 1 aromatic rings. The maximum absolute atomic E-state index is 14.4. The largest absolute Gasteiger partial charge is 0.385 e. The van der Waals surface area contributed by atoms with Crippen LogP contribution in [-0.2, 0) is 10.3 Å². The Morgan fingerprint density at radius 3 is 2.88 bits per heavy atom. The fourth-order valence-electron chi connectivity index (χ4n) is 3.58. The summed E-state index contributed by atoms with van der Waals surface area (Å²) < 4.78 is 19.4. The van der Waals surface area contributed by atoms with E-state index < -0.39 is 17.4 Å². The number of piperidine rings is 1. The Morgan fingerprint density at radius 2 is 2.21 bits per heavy atom. The molecule has 3 N–H and O–H groups in total. The normalized spacial score (nSPS) is 20.6. The highest BCUT2D eigenvalue weighted by atomic mass is 19.1. The number of unbranched alkanes of at least 4 members (excludes halogenated alkanes) is 1. The second kappa shape index (κ2) is 8.44. The highest BCUT2D eigenvalue weighted by Crippen LogP contribution is 2.40. The number of hydrogen-bond donors (Lipinski definition) is 2. The van der Waals surface area contributed by atoms with Crippen molar-refractivity contribution in [1.29, 1.82) is 0 Å². The quantitative estimate of drug-likeness (QED) is 0.751. The molecule has 0 radical (unpaired) electrons. The van der Waals surface area contributed by atoms with E-state index in [-0.39, 0.29) is 5.92 Å². The molecule has 24 heavy (non-hydrogen) atoms. The number of carbonyl (C=O) groups is 1. The van der Waals surface area contributed by atoms with Gasteiger partial charge in [-0.1, -0.05) is 18.2 Å². The SMILES string of the molecule is COCCCC[C@@](O)(c1ccccc1F)C1CCCN(C(N)=O)C1. The van der Waals surface area contributed by atoms with Gasteiger partial charge in [0.2, 0.25) is 0 Å². The maximum Gasteiger partial charge on any atom is 0.314 e. The van der Waals surface area contributed by atoms with E-state index >= 15 is 0 Å². The Bertz CT molecular complexity index is 555. The first kappa shape index (κ1) is 18.7. The van der Waals surface area contributed by atoms with Crippen LogP contribution in [0.5, 0.6) is 0 Å². The summed E-state index contributed by atoms with van der Waals surface area (Å²) in [6.07, 6.45) is 3.42. The molecular formula is C18H27FN2O3. The second-order valence-corrected chi connectivity index (χ2v) is 6.48. The summed E-state index contributed by atoms with van der Waals surface area (Å²) in [4.78, 5) is 13.0. The molecule has 2 amide bonds. The lowest BCUT2D eigenvalue weighted by atomic mass is 9.74. The number of ether oxygens (including phenoxy) is 1. The average molecular weight is 338 g/mol. The van der Waals surface area contributed by atoms with Gasteiger partial charge in [-0.3, -0.25) is 0 Å². The summed E-state index contributed by atoms with van der Waals surface area (Å²) in [5.74, 6) is -0.652. The molecule has 0 bridgehead atoms. The minimum atomic E-state index is -1.31. The summed E-state index contributed by atoms with van der Waals surface area (Å²) in [7, 11) is 1.63. The zero-order valence-electron chi connectivity index (χ0n) is 14.2. The van der Waals surface area contributed by atoms with E-state index in [0.717, 1.165) is 19.3 Å². The molecule has 1 unspecified atom stereocenters. The number of benzene rings is 1. The van der Waals surface area contributed by atoms with Gasteiger partial charge in [-0.05, 0) is 38.2 Å². The first-order valence-electron chi connectivity index (χ1n) is 8.49. The van der Waals surface area contributed by atoms with Crippen LogP contribution in [0.2, 0.25) is 0 Å². The molecule has 134 valence electrons. The molecule has 1 aliphatic rings. The molecule has 1 fully saturated rings. The molecule has 0 spiro atoms. The van der Waals surface area contributed by atoms with Gasteiger partial charge in [0, 0.05) is 38.3 Å². The third kappa shape index (κ3) is 4.24. The standard InChI is InChI=1S/C18H27FN2O3/c1-24-12-5-4-10-18(23,15-8-2-3-9-16(15)19)14-7-6-11-21(13-14)17(20)22/h2-3,8-9,14,23H,4-7,10-13H2,1H3,(H2,20,22)/t14?,18-/m0/s1. The van der Waals surface area contributed by atoms with E-state index in [4.69, 9.17) is 10.5 Å². The van der Waals surface area contributed by atoms with Gasteiger partial charge in [0.1, 0.15) is 5.82 Å². The Morgan fingerprint density at radius 1 is 1.46 bits per heavy atom. The first-order valence-corrected chi connectivity index (χ1v) is 8.49. The molecule has 1 aromatic carbocycles. The summed E-state index contributed by atoms with van der Waals surface area (Å²) in [5.41, 5.74) is 4.39. The van der Waals surface area contributed by atoms with E-state index in [0.29, 0.717) is 38.1 Å². The van der Waals surface area contributed by atoms with Crippen LogP contribution in [0.25, 0.3) is 0 Å². The van der Waals surface area contributed by atoms with Crippen LogP contribution in [0.15, 0.2) is 24.3 Å². The van der Waals surface area contributed by atoms with Gasteiger partial charge in [-0.25, -0.2) is 9.18 Å². The molecular weight excluding hydrogens is 311 g/mol. The fraction of sp³-hybridized carbons (Fsp3) is 0.611. The van der Waals surface area contributed by atoms with E-state index in [1.807, 2.05) is 0 Å². The van der Waals surface area contributed by atoms with Crippen LogP contribution < -0.4 is 5.73 Å². The molecule has 1 aliphatic heterocycles. The number of carbonyl (C=O) groups excluding carboxylic acids is 1. The van der Waals surface area contributed by atoms with Gasteiger partial charge >= 0.3 is 6.03 Å². The molecule has 1 heterocycles. The van der Waals surface area contributed by atoms with Gasteiger partial charge in [0.25, 0.3) is 0 Å². The average Bonchev–Trinajstić information content (AvgIpc) is 2.59. The van der Waals surface area contributed by atoms with Crippen molar-refractivity contribution in [2.24, 2.45) is 11.7 Å². The van der Waals surface area contributed by atoms with Crippen LogP contribution in [0, 0.1) is 11.7 Å². The third-order valence-electron chi connectivity index (χ3n) is 4.91. The van der Waals surface area contributed by atoms with Gasteiger partial charge in [0.15, 0.2) is 0 Å². The second-order valence-electron chi connectivity index (χ2n) is 6.48. The number of likely N-dealkylation sites (tertiary alicyclic amines) is 1. The Kier molecular flexibility index (Phi) is 6.57. The predicted octanol–water partition coefficient (Wildman–Crippen LogP) is 2.62. The molecule has 2 rings (SSSR count). The zero-order chi connectivity index (χ0) is 17.6. The summed E-state index contributed by atoms with van der Waals surface area (Å²) in [6.45, 7) is 1.54. The highest BCUT2D eigenvalue weighted by molar-refractivity contribution is 5.72. The lowest BCUT2D eigenvalue weighted by Gasteiger charge is -2.42. The first-order chi connectivity index (χ1) is 11.5. The lowest BCUT2D eigenvalue weighted by Crippen LogP contribution is -2.49. The van der Waals surface area contributed by atoms with Crippen LogP contribution in [-0.4, -0.2) is 42.8 Å². The van der Waals surface area contributed by atoms with Gasteiger partial charge in [0.05, 0.1) is 5.60 Å². The number of amides is 2. The van der Waals surface area contributed by atoms with Crippen LogP contribution >= 0.6 is 0 Å². The van der Waals surface area contributed by atoms with E-state index in [1.165, 1.54) is 11.0 Å². The number of primary amides is 1. The topological polar surface area (TPSA) is 75.8 Å². The summed E-state index contributed by atoms with van der Waals surface area (Å²) in [6, 6.07) is 5.85. The number of rotatable bonds is 7. The molecule has 6 heteroatoms. The molecule has 0 aromatic heterocycles. The van der Waals surface area contributed by atoms with Crippen molar-refractivity contribution >= 4 is 6.03 Å². The van der Waals surface area contributed by atoms with Crippen LogP contribution in [0.1, 0.15) is 37.7 Å². The van der Waals surface area contributed by atoms with Crippen molar-refractivity contribution in [1.82, 2.24) is 4.90 Å². The minimum absolute atomic E-state index is 0.238. The van der Waals surface area contributed by atoms with Crippen LogP contribution in [0.3, 0.4) is 0 Å². The Balaban J connectivity index is 2.25. The van der Waals surface area contributed by atoms with Crippen molar-refractivity contribution in [3.63, 3.8) is 0 Å². The molecule has 2 atom stereocenters. The van der Waals surface area contributed by atoms with Gasteiger partial charge < -0.3 is 20.5 Å². The predicted molar refractivity (Wildman–Crippen MR) is 89.9 cm³/mol.